The number of unbranched alkanes of at least 4 members (excludes halogenated alkanes) is 28. The molecule has 0 aliphatic heterocycles. The minimum absolute atomic E-state index is 0.0728. The lowest BCUT2D eigenvalue weighted by molar-refractivity contribution is -0.151. The van der Waals surface area contributed by atoms with Crippen LogP contribution in [0.2, 0.25) is 0 Å². The molecule has 0 spiro atoms. The molecule has 0 radical (unpaired) electrons. The van der Waals surface area contributed by atoms with Crippen molar-refractivity contribution in [1.82, 2.24) is 5.32 Å². The van der Waals surface area contributed by atoms with Crippen LogP contribution in [-0.2, 0) is 9.53 Å². The summed E-state index contributed by atoms with van der Waals surface area (Å²) in [7, 11) is 0. The Morgan fingerprint density at radius 1 is 0.533 bits per heavy atom. The number of hydrogen-bond donors (Lipinski definition) is 2. The summed E-state index contributed by atoms with van der Waals surface area (Å²) in [5.74, 6) is -0.0728. The van der Waals surface area contributed by atoms with Crippen molar-refractivity contribution in [2.24, 2.45) is 5.73 Å². The predicted molar refractivity (Wildman–Crippen MR) is 200 cm³/mol. The number of nitrogens with two attached hydrogens (primary N) is 1. The fourth-order valence-corrected chi connectivity index (χ4v) is 6.20. The lowest BCUT2D eigenvalue weighted by Crippen LogP contribution is -2.36. The van der Waals surface area contributed by atoms with E-state index in [1.54, 1.807) is 0 Å². The Morgan fingerprint density at radius 2 is 0.889 bits per heavy atom. The van der Waals surface area contributed by atoms with Crippen LogP contribution in [0, 0.1) is 0 Å². The first kappa shape index (κ1) is 44.1. The van der Waals surface area contributed by atoms with Gasteiger partial charge in [0.1, 0.15) is 0 Å². The van der Waals surface area contributed by atoms with Crippen molar-refractivity contribution < 1.29 is 9.53 Å². The van der Waals surface area contributed by atoms with E-state index >= 15 is 0 Å². The van der Waals surface area contributed by atoms with Crippen molar-refractivity contribution in [3.05, 3.63) is 12.2 Å². The summed E-state index contributed by atoms with van der Waals surface area (Å²) in [6.45, 7) is 6.02. The van der Waals surface area contributed by atoms with E-state index in [4.69, 9.17) is 10.5 Å². The number of ether oxygens (including phenoxy) is 1. The molecule has 0 aliphatic rings. The number of carbonyl (C=O) groups excluding carboxylic acids is 1. The summed E-state index contributed by atoms with van der Waals surface area (Å²) in [6.07, 6.45) is 47.3. The molecule has 1 atom stereocenters. The van der Waals surface area contributed by atoms with Crippen molar-refractivity contribution in [2.75, 3.05) is 13.1 Å². The van der Waals surface area contributed by atoms with Gasteiger partial charge in [0.05, 0.1) is 0 Å². The third-order valence-corrected chi connectivity index (χ3v) is 9.25. The van der Waals surface area contributed by atoms with Gasteiger partial charge in [0.25, 0.3) is 0 Å². The third kappa shape index (κ3) is 37.5. The zero-order valence-corrected chi connectivity index (χ0v) is 30.9. The highest BCUT2D eigenvalue weighted by atomic mass is 16.6. The number of rotatable bonds is 38. The normalized spacial score (nSPS) is 12.3. The van der Waals surface area contributed by atoms with Crippen LogP contribution in [0.25, 0.3) is 0 Å². The molecule has 3 N–H and O–H groups in total. The highest BCUT2D eigenvalue weighted by molar-refractivity contribution is 5.69. The van der Waals surface area contributed by atoms with Crippen LogP contribution >= 0.6 is 0 Å². The maximum Gasteiger partial charge on any atom is 0.307 e. The number of esters is 1. The molecule has 4 nitrogen and oxygen atoms in total. The van der Waals surface area contributed by atoms with Gasteiger partial charge in [-0.25, -0.2) is 0 Å². The van der Waals surface area contributed by atoms with Crippen molar-refractivity contribution >= 4 is 5.97 Å². The van der Waals surface area contributed by atoms with E-state index in [2.05, 4.69) is 31.3 Å². The largest absolute Gasteiger partial charge is 0.447 e. The zero-order valence-electron chi connectivity index (χ0n) is 30.9. The summed E-state index contributed by atoms with van der Waals surface area (Å²) in [5.41, 5.74) is 5.78. The average molecular weight is 635 g/mol. The smallest absolute Gasteiger partial charge is 0.307 e. The van der Waals surface area contributed by atoms with Gasteiger partial charge in [-0.05, 0) is 51.6 Å². The fraction of sp³-hybridized carbons (Fsp3) is 0.927. The van der Waals surface area contributed by atoms with Crippen LogP contribution in [-0.4, -0.2) is 25.3 Å². The van der Waals surface area contributed by atoms with Crippen LogP contribution < -0.4 is 11.1 Å². The number of carbonyl (C=O) groups is 1. The molecule has 268 valence electrons. The average Bonchev–Trinajstić information content (AvgIpc) is 3.04. The van der Waals surface area contributed by atoms with Gasteiger partial charge < -0.3 is 10.5 Å². The molecule has 0 aromatic heterocycles. The highest BCUT2D eigenvalue weighted by Gasteiger charge is 2.12. The number of hydrogen-bond acceptors (Lipinski definition) is 4. The second-order valence-corrected chi connectivity index (χ2v) is 13.9. The summed E-state index contributed by atoms with van der Waals surface area (Å²) in [4.78, 5) is 12.4. The van der Waals surface area contributed by atoms with Gasteiger partial charge in [-0.15, -0.1) is 0 Å². The molecule has 0 amide bonds. The van der Waals surface area contributed by atoms with Crippen LogP contribution in [0.4, 0.5) is 0 Å². The van der Waals surface area contributed by atoms with Crippen LogP contribution in [0.1, 0.15) is 226 Å². The van der Waals surface area contributed by atoms with Crippen LogP contribution in [0.5, 0.6) is 0 Å². The summed E-state index contributed by atoms with van der Waals surface area (Å²) in [6, 6.07) is 0. The molecule has 0 heterocycles. The summed E-state index contributed by atoms with van der Waals surface area (Å²) in [5, 5.41) is 3.43. The van der Waals surface area contributed by atoms with Crippen LogP contribution in [0.3, 0.4) is 0 Å². The number of nitrogens with one attached hydrogen (secondary N) is 1. The molecule has 0 saturated carbocycles. The SMILES string of the molecule is CCCCCCCC/C=C\CCCCCCCC(=O)OC(CCN)NCCCCCCCCCCCCCCCCCCCC. The van der Waals surface area contributed by atoms with Gasteiger partial charge in [-0.3, -0.25) is 10.1 Å². The Hall–Kier alpha value is -0.870. The molecule has 0 bridgehead atoms. The minimum Gasteiger partial charge on any atom is -0.447 e. The van der Waals surface area contributed by atoms with Gasteiger partial charge in [0.2, 0.25) is 0 Å². The molecule has 0 aromatic carbocycles. The Morgan fingerprint density at radius 3 is 1.29 bits per heavy atom. The van der Waals surface area contributed by atoms with Crippen LogP contribution in [0.15, 0.2) is 12.2 Å². The molecule has 0 rings (SSSR count). The molecular weight excluding hydrogens is 552 g/mol. The fourth-order valence-electron chi connectivity index (χ4n) is 6.20. The molecular formula is C41H82N2O2. The van der Waals surface area contributed by atoms with E-state index in [0.717, 1.165) is 25.8 Å². The minimum atomic E-state index is -0.226. The van der Waals surface area contributed by atoms with E-state index in [0.29, 0.717) is 19.4 Å². The Kier molecular flexibility index (Phi) is 38.5. The first-order valence-electron chi connectivity index (χ1n) is 20.5. The highest BCUT2D eigenvalue weighted by Crippen LogP contribution is 2.15. The van der Waals surface area contributed by atoms with Crippen molar-refractivity contribution in [3.8, 4) is 0 Å². The lowest BCUT2D eigenvalue weighted by Gasteiger charge is -2.19. The van der Waals surface area contributed by atoms with E-state index in [-0.39, 0.29) is 12.2 Å². The van der Waals surface area contributed by atoms with Crippen molar-refractivity contribution in [2.45, 2.75) is 232 Å². The second-order valence-electron chi connectivity index (χ2n) is 13.9. The van der Waals surface area contributed by atoms with E-state index in [9.17, 15) is 4.79 Å². The van der Waals surface area contributed by atoms with E-state index < -0.39 is 0 Å². The molecule has 0 saturated heterocycles. The van der Waals surface area contributed by atoms with Crippen molar-refractivity contribution in [3.63, 3.8) is 0 Å². The zero-order chi connectivity index (χ0) is 32.7. The molecule has 1 unspecified atom stereocenters. The standard InChI is InChI=1S/C41H82N2O2/c1-3-5-7-9-11-13-15-17-19-20-21-23-25-27-29-31-33-35-39-43-40(37-38-42)45-41(44)36-34-32-30-28-26-24-22-18-16-14-12-10-8-6-4-2/h18,22,40,43H,3-17,19-21,23-39,42H2,1-2H3/b22-18-. The number of allylic oxidation sites excluding steroid dienone is 2. The quantitative estimate of drug-likeness (QED) is 0.0307. The Bertz CT molecular complexity index is 594. The second kappa shape index (κ2) is 39.3. The first-order chi connectivity index (χ1) is 22.2. The molecule has 0 fully saturated rings. The summed E-state index contributed by atoms with van der Waals surface area (Å²) < 4.78 is 5.71. The van der Waals surface area contributed by atoms with E-state index in [1.807, 2.05) is 0 Å². The molecule has 4 heteroatoms. The van der Waals surface area contributed by atoms with Crippen molar-refractivity contribution in [1.29, 1.82) is 0 Å². The molecule has 45 heavy (non-hydrogen) atoms. The topological polar surface area (TPSA) is 64.3 Å². The monoisotopic (exact) mass is 635 g/mol. The maximum atomic E-state index is 12.4. The lowest BCUT2D eigenvalue weighted by atomic mass is 10.0. The predicted octanol–water partition coefficient (Wildman–Crippen LogP) is 12.9. The third-order valence-electron chi connectivity index (χ3n) is 9.25. The van der Waals surface area contributed by atoms with Gasteiger partial charge >= 0.3 is 5.97 Å². The first-order valence-corrected chi connectivity index (χ1v) is 20.5. The maximum absolute atomic E-state index is 12.4. The van der Waals surface area contributed by atoms with Gasteiger partial charge in [0.15, 0.2) is 6.23 Å². The van der Waals surface area contributed by atoms with Gasteiger partial charge in [-0.1, -0.05) is 187 Å². The van der Waals surface area contributed by atoms with Gasteiger partial charge in [0, 0.05) is 12.8 Å². The molecule has 0 aromatic rings. The molecule has 0 aliphatic carbocycles. The summed E-state index contributed by atoms with van der Waals surface area (Å²) >= 11 is 0. The Labute approximate surface area is 283 Å². The van der Waals surface area contributed by atoms with E-state index in [1.165, 1.54) is 180 Å². The van der Waals surface area contributed by atoms with Gasteiger partial charge in [-0.2, -0.15) is 0 Å². The Balaban J connectivity index is 3.50.